The highest BCUT2D eigenvalue weighted by atomic mass is 32.2. The van der Waals surface area contributed by atoms with Gasteiger partial charge in [-0.15, -0.1) is 0 Å². The average Bonchev–Trinajstić information content (AvgIpc) is 2.86. The Balaban J connectivity index is 1.93. The van der Waals surface area contributed by atoms with E-state index < -0.39 is 0 Å². The quantitative estimate of drug-likeness (QED) is 0.580. The Labute approximate surface area is 124 Å². The maximum Gasteiger partial charge on any atom is 0.156 e. The van der Waals surface area contributed by atoms with Crippen molar-refractivity contribution in [1.29, 1.82) is 0 Å². The van der Waals surface area contributed by atoms with E-state index in [1.165, 1.54) is 62.3 Å². The molecule has 0 amide bonds. The standard InChI is InChI=1S/C16H32N2S/c1-4-5-6-7-8-9-10-11-12-17-16-18-15(13-19-16)14(2)3/h14-15H,4-13H2,1-3H3,(H,17,18)/t15-/m1/s1. The predicted molar refractivity (Wildman–Crippen MR) is 89.1 cm³/mol. The lowest BCUT2D eigenvalue weighted by Crippen LogP contribution is -2.31. The van der Waals surface area contributed by atoms with Crippen molar-refractivity contribution in [3.8, 4) is 0 Å². The van der Waals surface area contributed by atoms with Crippen molar-refractivity contribution in [2.45, 2.75) is 78.2 Å². The molecule has 112 valence electrons. The van der Waals surface area contributed by atoms with Gasteiger partial charge in [-0.05, 0) is 12.3 Å². The number of aliphatic imine (C=N–C) groups is 1. The predicted octanol–water partition coefficient (Wildman–Crippen LogP) is 4.84. The molecule has 1 fully saturated rings. The molecule has 1 atom stereocenters. The SMILES string of the molecule is CCCCCCCCCCN=C1N[C@@H](C(C)C)CS1. The number of nitrogens with zero attached hydrogens (tertiary/aromatic N) is 1. The Hall–Kier alpha value is -0.180. The van der Waals surface area contributed by atoms with E-state index in [2.05, 4.69) is 31.1 Å². The van der Waals surface area contributed by atoms with Crippen LogP contribution >= 0.6 is 11.8 Å². The maximum atomic E-state index is 4.67. The minimum absolute atomic E-state index is 0.627. The fourth-order valence-electron chi connectivity index (χ4n) is 2.29. The summed E-state index contributed by atoms with van der Waals surface area (Å²) in [6.45, 7) is 7.84. The van der Waals surface area contributed by atoms with Gasteiger partial charge in [0.05, 0.1) is 0 Å². The Morgan fingerprint density at radius 2 is 1.74 bits per heavy atom. The lowest BCUT2D eigenvalue weighted by atomic mass is 10.1. The van der Waals surface area contributed by atoms with Crippen LogP contribution in [0.4, 0.5) is 0 Å². The van der Waals surface area contributed by atoms with E-state index in [1.54, 1.807) is 0 Å². The summed E-state index contributed by atoms with van der Waals surface area (Å²) in [6, 6.07) is 0.627. The number of nitrogens with one attached hydrogen (secondary N) is 1. The molecule has 1 saturated heterocycles. The summed E-state index contributed by atoms with van der Waals surface area (Å²) in [7, 11) is 0. The highest BCUT2D eigenvalue weighted by Crippen LogP contribution is 2.19. The molecular formula is C16H32N2S. The fraction of sp³-hybridized carbons (Fsp3) is 0.938. The molecule has 1 aliphatic heterocycles. The minimum atomic E-state index is 0.627. The zero-order valence-corrected chi connectivity index (χ0v) is 13.9. The van der Waals surface area contributed by atoms with E-state index in [1.807, 2.05) is 11.8 Å². The second-order valence-corrected chi connectivity index (χ2v) is 6.98. The van der Waals surface area contributed by atoms with Gasteiger partial charge in [-0.3, -0.25) is 4.99 Å². The van der Waals surface area contributed by atoms with Crippen LogP contribution in [0.5, 0.6) is 0 Å². The van der Waals surface area contributed by atoms with Crippen LogP contribution in [0.1, 0.15) is 72.1 Å². The third kappa shape index (κ3) is 7.86. The van der Waals surface area contributed by atoms with Gasteiger partial charge in [-0.2, -0.15) is 0 Å². The molecule has 1 aliphatic rings. The number of rotatable bonds is 10. The van der Waals surface area contributed by atoms with Gasteiger partial charge in [0.25, 0.3) is 0 Å². The monoisotopic (exact) mass is 284 g/mol. The first-order chi connectivity index (χ1) is 9.24. The van der Waals surface area contributed by atoms with Crippen LogP contribution < -0.4 is 5.32 Å². The molecule has 0 radical (unpaired) electrons. The second-order valence-electron chi connectivity index (χ2n) is 5.97. The summed E-state index contributed by atoms with van der Waals surface area (Å²) in [6.07, 6.45) is 11.0. The smallest absolute Gasteiger partial charge is 0.156 e. The van der Waals surface area contributed by atoms with Gasteiger partial charge < -0.3 is 5.32 Å². The Morgan fingerprint density at radius 3 is 2.32 bits per heavy atom. The molecule has 0 aromatic rings. The van der Waals surface area contributed by atoms with Gasteiger partial charge >= 0.3 is 0 Å². The highest BCUT2D eigenvalue weighted by Gasteiger charge is 2.22. The molecule has 0 aromatic heterocycles. The van der Waals surface area contributed by atoms with Crippen LogP contribution in [-0.4, -0.2) is 23.5 Å². The number of hydrogen-bond acceptors (Lipinski definition) is 2. The number of amidine groups is 1. The van der Waals surface area contributed by atoms with E-state index in [0.717, 1.165) is 6.54 Å². The summed E-state index contributed by atoms with van der Waals surface area (Å²) in [4.78, 5) is 4.67. The van der Waals surface area contributed by atoms with Crippen molar-refractivity contribution in [2.24, 2.45) is 10.9 Å². The third-order valence-electron chi connectivity index (χ3n) is 3.78. The molecule has 19 heavy (non-hydrogen) atoms. The molecule has 1 rings (SSSR count). The van der Waals surface area contributed by atoms with Crippen molar-refractivity contribution in [3.63, 3.8) is 0 Å². The van der Waals surface area contributed by atoms with Crippen LogP contribution in [0.2, 0.25) is 0 Å². The second kappa shape index (κ2) is 10.6. The van der Waals surface area contributed by atoms with Crippen molar-refractivity contribution in [3.05, 3.63) is 0 Å². The summed E-state index contributed by atoms with van der Waals surface area (Å²) in [5.41, 5.74) is 0. The lowest BCUT2D eigenvalue weighted by molar-refractivity contribution is 0.503. The molecule has 0 aliphatic carbocycles. The minimum Gasteiger partial charge on any atom is -0.361 e. The Kier molecular flexibility index (Phi) is 9.40. The van der Waals surface area contributed by atoms with Gasteiger partial charge in [0.1, 0.15) is 0 Å². The average molecular weight is 285 g/mol. The van der Waals surface area contributed by atoms with E-state index in [9.17, 15) is 0 Å². The first-order valence-electron chi connectivity index (χ1n) is 8.17. The Bertz CT molecular complexity index is 251. The van der Waals surface area contributed by atoms with Crippen molar-refractivity contribution < 1.29 is 0 Å². The normalized spacial score (nSPS) is 21.3. The zero-order valence-electron chi connectivity index (χ0n) is 13.1. The highest BCUT2D eigenvalue weighted by molar-refractivity contribution is 8.14. The fourth-order valence-corrected chi connectivity index (χ4v) is 3.51. The van der Waals surface area contributed by atoms with Crippen molar-refractivity contribution in [1.82, 2.24) is 5.32 Å². The largest absolute Gasteiger partial charge is 0.361 e. The lowest BCUT2D eigenvalue weighted by Gasteiger charge is -2.13. The number of thioether (sulfide) groups is 1. The molecule has 3 heteroatoms. The molecular weight excluding hydrogens is 252 g/mol. The maximum absolute atomic E-state index is 4.67. The molecule has 0 unspecified atom stereocenters. The van der Waals surface area contributed by atoms with E-state index >= 15 is 0 Å². The molecule has 0 bridgehead atoms. The molecule has 0 spiro atoms. The van der Waals surface area contributed by atoms with Crippen LogP contribution in [0, 0.1) is 5.92 Å². The molecule has 2 nitrogen and oxygen atoms in total. The third-order valence-corrected chi connectivity index (χ3v) is 4.83. The van der Waals surface area contributed by atoms with Crippen LogP contribution in [0.3, 0.4) is 0 Å². The van der Waals surface area contributed by atoms with Gasteiger partial charge in [0.2, 0.25) is 0 Å². The molecule has 1 N–H and O–H groups in total. The first-order valence-corrected chi connectivity index (χ1v) is 9.16. The van der Waals surface area contributed by atoms with Crippen molar-refractivity contribution >= 4 is 16.9 Å². The van der Waals surface area contributed by atoms with Gasteiger partial charge in [0, 0.05) is 18.3 Å². The Morgan fingerprint density at radius 1 is 1.11 bits per heavy atom. The van der Waals surface area contributed by atoms with E-state index in [-0.39, 0.29) is 0 Å². The van der Waals surface area contributed by atoms with Gasteiger partial charge in [-0.25, -0.2) is 0 Å². The van der Waals surface area contributed by atoms with Gasteiger partial charge in [0.15, 0.2) is 5.17 Å². The summed E-state index contributed by atoms with van der Waals surface area (Å²) >= 11 is 1.90. The van der Waals surface area contributed by atoms with Crippen molar-refractivity contribution in [2.75, 3.05) is 12.3 Å². The first kappa shape index (κ1) is 16.9. The zero-order chi connectivity index (χ0) is 13.9. The summed E-state index contributed by atoms with van der Waals surface area (Å²) in [5, 5.41) is 4.71. The van der Waals surface area contributed by atoms with E-state index in [0.29, 0.717) is 12.0 Å². The summed E-state index contributed by atoms with van der Waals surface area (Å²) in [5.74, 6) is 1.90. The number of unbranched alkanes of at least 4 members (excludes halogenated alkanes) is 7. The molecule has 0 aromatic carbocycles. The van der Waals surface area contributed by atoms with Crippen LogP contribution in [-0.2, 0) is 0 Å². The summed E-state index contributed by atoms with van der Waals surface area (Å²) < 4.78 is 0. The van der Waals surface area contributed by atoms with Crippen LogP contribution in [0.25, 0.3) is 0 Å². The topological polar surface area (TPSA) is 24.4 Å². The van der Waals surface area contributed by atoms with Gasteiger partial charge in [-0.1, -0.05) is 77.5 Å². The van der Waals surface area contributed by atoms with E-state index in [4.69, 9.17) is 0 Å². The molecule has 0 saturated carbocycles. The van der Waals surface area contributed by atoms with Crippen LogP contribution in [0.15, 0.2) is 4.99 Å². The number of hydrogen-bond donors (Lipinski definition) is 1. The molecule has 1 heterocycles.